The maximum absolute atomic E-state index is 12.1. The molecule has 1 heterocycles. The molecule has 0 aliphatic rings. The highest BCUT2D eigenvalue weighted by molar-refractivity contribution is 5.92. The van der Waals surface area contributed by atoms with E-state index in [1.807, 2.05) is 24.3 Å². The molecule has 2 aromatic rings. The number of ether oxygens (including phenoxy) is 1. The van der Waals surface area contributed by atoms with E-state index in [1.165, 1.54) is 6.33 Å². The summed E-state index contributed by atoms with van der Waals surface area (Å²) in [5.74, 6) is 1.66. The van der Waals surface area contributed by atoms with E-state index >= 15 is 0 Å². The first-order valence-electron chi connectivity index (χ1n) is 7.60. The lowest BCUT2D eigenvalue weighted by Crippen LogP contribution is -2.26. The van der Waals surface area contributed by atoms with Crippen LogP contribution in [0.15, 0.2) is 36.7 Å². The summed E-state index contributed by atoms with van der Waals surface area (Å²) in [5, 5.41) is 6.00. The molecule has 122 valence electrons. The number of aromatic nitrogens is 2. The molecule has 6 heteroatoms. The third-order valence-electron chi connectivity index (χ3n) is 3.25. The van der Waals surface area contributed by atoms with E-state index in [9.17, 15) is 4.79 Å². The fourth-order valence-electron chi connectivity index (χ4n) is 1.96. The number of anilines is 2. The van der Waals surface area contributed by atoms with E-state index in [-0.39, 0.29) is 5.91 Å². The third kappa shape index (κ3) is 5.25. The Bertz CT molecular complexity index is 659. The van der Waals surface area contributed by atoms with Crippen LogP contribution >= 0.6 is 0 Å². The molecule has 0 saturated carbocycles. The molecule has 0 spiro atoms. The maximum Gasteiger partial charge on any atom is 0.270 e. The van der Waals surface area contributed by atoms with Crippen molar-refractivity contribution < 1.29 is 9.53 Å². The largest absolute Gasteiger partial charge is 0.497 e. The van der Waals surface area contributed by atoms with Crippen LogP contribution in [0.5, 0.6) is 5.75 Å². The summed E-state index contributed by atoms with van der Waals surface area (Å²) < 4.78 is 5.18. The van der Waals surface area contributed by atoms with Crippen LogP contribution in [0, 0.1) is 5.92 Å². The Balaban J connectivity index is 2.02. The summed E-state index contributed by atoms with van der Waals surface area (Å²) >= 11 is 0. The first-order chi connectivity index (χ1) is 11.1. The number of amides is 1. The zero-order chi connectivity index (χ0) is 16.7. The van der Waals surface area contributed by atoms with Crippen LogP contribution in [-0.4, -0.2) is 29.5 Å². The molecule has 0 saturated heterocycles. The predicted octanol–water partition coefficient (Wildman–Crippen LogP) is 3.00. The predicted molar refractivity (Wildman–Crippen MR) is 90.1 cm³/mol. The number of benzene rings is 1. The lowest BCUT2D eigenvalue weighted by Gasteiger charge is -2.09. The van der Waals surface area contributed by atoms with Crippen LogP contribution in [0.4, 0.5) is 11.5 Å². The number of nitrogens with one attached hydrogen (secondary N) is 2. The van der Waals surface area contributed by atoms with Gasteiger partial charge in [0.05, 0.1) is 7.11 Å². The Morgan fingerprint density at radius 1 is 1.26 bits per heavy atom. The molecule has 0 aliphatic heterocycles. The molecule has 0 aliphatic carbocycles. The van der Waals surface area contributed by atoms with E-state index < -0.39 is 0 Å². The molecule has 0 radical (unpaired) electrons. The van der Waals surface area contributed by atoms with Crippen molar-refractivity contribution in [3.63, 3.8) is 0 Å². The van der Waals surface area contributed by atoms with E-state index in [0.29, 0.717) is 24.0 Å². The molecule has 6 nitrogen and oxygen atoms in total. The zero-order valence-electron chi connectivity index (χ0n) is 13.7. The van der Waals surface area contributed by atoms with Crippen LogP contribution in [0.1, 0.15) is 30.8 Å². The van der Waals surface area contributed by atoms with Crippen molar-refractivity contribution in [2.75, 3.05) is 19.0 Å². The van der Waals surface area contributed by atoms with E-state index in [2.05, 4.69) is 34.4 Å². The maximum atomic E-state index is 12.1. The van der Waals surface area contributed by atoms with Gasteiger partial charge in [0.2, 0.25) is 0 Å². The summed E-state index contributed by atoms with van der Waals surface area (Å²) in [6, 6.07) is 9.11. The number of hydrogen-bond acceptors (Lipinski definition) is 5. The molecule has 1 aromatic carbocycles. The van der Waals surface area contributed by atoms with Crippen molar-refractivity contribution in [2.24, 2.45) is 5.92 Å². The van der Waals surface area contributed by atoms with Gasteiger partial charge >= 0.3 is 0 Å². The highest BCUT2D eigenvalue weighted by atomic mass is 16.5. The van der Waals surface area contributed by atoms with Gasteiger partial charge in [-0.05, 0) is 24.5 Å². The van der Waals surface area contributed by atoms with Crippen LogP contribution in [0.2, 0.25) is 0 Å². The fourth-order valence-corrected chi connectivity index (χ4v) is 1.96. The van der Waals surface area contributed by atoms with E-state index in [0.717, 1.165) is 17.9 Å². The van der Waals surface area contributed by atoms with Crippen molar-refractivity contribution in [2.45, 2.75) is 20.3 Å². The summed E-state index contributed by atoms with van der Waals surface area (Å²) in [5.41, 5.74) is 1.17. The quantitative estimate of drug-likeness (QED) is 0.821. The average Bonchev–Trinajstić information content (AvgIpc) is 2.55. The molecule has 0 atom stereocenters. The molecule has 1 aromatic heterocycles. The number of carbonyl (C=O) groups excluding carboxylic acids is 1. The second-order valence-corrected chi connectivity index (χ2v) is 5.58. The monoisotopic (exact) mass is 314 g/mol. The smallest absolute Gasteiger partial charge is 0.270 e. The summed E-state index contributed by atoms with van der Waals surface area (Å²) in [4.78, 5) is 20.2. The topological polar surface area (TPSA) is 76.1 Å². The number of methoxy groups -OCH3 is 1. The number of hydrogen-bond donors (Lipinski definition) is 2. The number of rotatable bonds is 7. The highest BCUT2D eigenvalue weighted by Crippen LogP contribution is 2.20. The first kappa shape index (κ1) is 16.7. The minimum Gasteiger partial charge on any atom is -0.497 e. The van der Waals surface area contributed by atoms with Gasteiger partial charge in [0.1, 0.15) is 23.6 Å². The number of carbonyl (C=O) groups is 1. The van der Waals surface area contributed by atoms with Crippen molar-refractivity contribution >= 4 is 17.4 Å². The Hall–Kier alpha value is -2.63. The van der Waals surface area contributed by atoms with Gasteiger partial charge in [-0.3, -0.25) is 4.79 Å². The van der Waals surface area contributed by atoms with Crippen LogP contribution in [0.25, 0.3) is 0 Å². The Labute approximate surface area is 136 Å². The van der Waals surface area contributed by atoms with Gasteiger partial charge < -0.3 is 15.4 Å². The Kier molecular flexibility index (Phi) is 5.91. The van der Waals surface area contributed by atoms with Gasteiger partial charge in [-0.15, -0.1) is 0 Å². The van der Waals surface area contributed by atoms with Crippen molar-refractivity contribution in [3.8, 4) is 5.75 Å². The summed E-state index contributed by atoms with van der Waals surface area (Å²) in [6.45, 7) is 4.87. The minimum atomic E-state index is -0.193. The van der Waals surface area contributed by atoms with E-state index in [1.54, 1.807) is 13.2 Å². The van der Waals surface area contributed by atoms with Crippen LogP contribution in [0.3, 0.4) is 0 Å². The fraction of sp³-hybridized carbons (Fsp3) is 0.353. The summed E-state index contributed by atoms with van der Waals surface area (Å²) in [6.07, 6.45) is 2.31. The molecule has 1 amide bonds. The lowest BCUT2D eigenvalue weighted by molar-refractivity contribution is 0.0947. The van der Waals surface area contributed by atoms with Gasteiger partial charge in [0.15, 0.2) is 0 Å². The van der Waals surface area contributed by atoms with Gasteiger partial charge in [0, 0.05) is 24.4 Å². The van der Waals surface area contributed by atoms with Gasteiger partial charge in [-0.25, -0.2) is 9.97 Å². The van der Waals surface area contributed by atoms with Gasteiger partial charge in [-0.1, -0.05) is 19.9 Å². The second-order valence-electron chi connectivity index (χ2n) is 5.58. The molecule has 23 heavy (non-hydrogen) atoms. The average molecular weight is 314 g/mol. The molecule has 0 unspecified atom stereocenters. The molecule has 2 N–H and O–H groups in total. The van der Waals surface area contributed by atoms with Gasteiger partial charge in [0.25, 0.3) is 5.91 Å². The van der Waals surface area contributed by atoms with E-state index in [4.69, 9.17) is 4.74 Å². The third-order valence-corrected chi connectivity index (χ3v) is 3.25. The Morgan fingerprint density at radius 3 is 2.83 bits per heavy atom. The second kappa shape index (κ2) is 8.12. The lowest BCUT2D eigenvalue weighted by atomic mass is 10.1. The van der Waals surface area contributed by atoms with Crippen LogP contribution in [-0.2, 0) is 0 Å². The van der Waals surface area contributed by atoms with Crippen molar-refractivity contribution in [1.82, 2.24) is 15.3 Å². The van der Waals surface area contributed by atoms with Crippen molar-refractivity contribution in [3.05, 3.63) is 42.4 Å². The van der Waals surface area contributed by atoms with Crippen molar-refractivity contribution in [1.29, 1.82) is 0 Å². The molecular formula is C17H22N4O2. The SMILES string of the molecule is COc1cccc(Nc2cc(C(=O)NCCC(C)C)ncn2)c1. The Morgan fingerprint density at radius 2 is 2.09 bits per heavy atom. The van der Waals surface area contributed by atoms with Crippen LogP contribution < -0.4 is 15.4 Å². The normalized spacial score (nSPS) is 10.4. The zero-order valence-corrected chi connectivity index (χ0v) is 13.7. The minimum absolute atomic E-state index is 0.193. The standard InChI is InChI=1S/C17H22N4O2/c1-12(2)7-8-18-17(22)15-10-16(20-11-19-15)21-13-5-4-6-14(9-13)23-3/h4-6,9-12H,7-8H2,1-3H3,(H,18,22)(H,19,20,21). The number of nitrogens with zero attached hydrogens (tertiary/aromatic N) is 2. The summed E-state index contributed by atoms with van der Waals surface area (Å²) in [7, 11) is 1.61. The first-order valence-corrected chi connectivity index (χ1v) is 7.60. The molecule has 2 rings (SSSR count). The molecular weight excluding hydrogens is 292 g/mol. The molecule has 0 fully saturated rings. The molecule has 0 bridgehead atoms. The van der Waals surface area contributed by atoms with Gasteiger partial charge in [-0.2, -0.15) is 0 Å². The highest BCUT2D eigenvalue weighted by Gasteiger charge is 2.09.